The summed E-state index contributed by atoms with van der Waals surface area (Å²) in [6, 6.07) is 7.55. The van der Waals surface area contributed by atoms with Gasteiger partial charge >= 0.3 is 5.97 Å². The number of carbonyl (C=O) groups is 2. The molecule has 1 saturated carbocycles. The first-order valence-electron chi connectivity index (χ1n) is 6.30. The molecule has 1 fully saturated rings. The molecule has 2 atom stereocenters. The summed E-state index contributed by atoms with van der Waals surface area (Å²) in [6.45, 7) is 1.66. The van der Waals surface area contributed by atoms with Gasteiger partial charge in [-0.25, -0.2) is 4.79 Å². The molecule has 102 valence electrons. The summed E-state index contributed by atoms with van der Waals surface area (Å²) in [5.41, 5.74) is 5.53. The van der Waals surface area contributed by atoms with Crippen LogP contribution in [0.4, 0.5) is 0 Å². The number of hydrogen-bond donors (Lipinski definition) is 3. The fourth-order valence-corrected chi connectivity index (χ4v) is 2.09. The Bertz CT molecular complexity index is 481. The highest BCUT2D eigenvalue weighted by Gasteiger charge is 2.45. The van der Waals surface area contributed by atoms with Crippen LogP contribution < -0.4 is 11.1 Å². The summed E-state index contributed by atoms with van der Waals surface area (Å²) in [5, 5.41) is 11.8. The molecule has 5 heteroatoms. The third-order valence-corrected chi connectivity index (χ3v) is 3.57. The number of benzene rings is 1. The molecule has 0 bridgehead atoms. The van der Waals surface area contributed by atoms with Gasteiger partial charge in [0.15, 0.2) is 6.04 Å². The van der Waals surface area contributed by atoms with E-state index in [9.17, 15) is 14.7 Å². The van der Waals surface area contributed by atoms with Crippen LogP contribution in [0.5, 0.6) is 0 Å². The minimum atomic E-state index is -1.09. The Balaban J connectivity index is 2.14. The Labute approximate surface area is 111 Å². The Hall–Kier alpha value is -1.88. The van der Waals surface area contributed by atoms with Crippen LogP contribution in [0.3, 0.4) is 0 Å². The SMILES string of the molecule is CC(N)(C(=O)NC(C(=O)O)c1ccccc1)C1CC1. The van der Waals surface area contributed by atoms with E-state index in [4.69, 9.17) is 5.73 Å². The molecule has 4 N–H and O–H groups in total. The lowest BCUT2D eigenvalue weighted by molar-refractivity contribution is -0.143. The molecule has 0 aliphatic heterocycles. The van der Waals surface area contributed by atoms with Crippen LogP contribution in [0, 0.1) is 5.92 Å². The number of carboxylic acid groups (broad SMARTS) is 1. The third-order valence-electron chi connectivity index (χ3n) is 3.57. The summed E-state index contributed by atoms with van der Waals surface area (Å²) < 4.78 is 0. The highest BCUT2D eigenvalue weighted by atomic mass is 16.4. The first-order valence-corrected chi connectivity index (χ1v) is 6.30. The third kappa shape index (κ3) is 2.93. The van der Waals surface area contributed by atoms with E-state index >= 15 is 0 Å². The van der Waals surface area contributed by atoms with Gasteiger partial charge in [0, 0.05) is 0 Å². The van der Waals surface area contributed by atoms with Gasteiger partial charge in [-0.15, -0.1) is 0 Å². The fraction of sp³-hybridized carbons (Fsp3) is 0.429. The lowest BCUT2D eigenvalue weighted by Gasteiger charge is -2.25. The average Bonchev–Trinajstić information content (AvgIpc) is 3.20. The molecule has 0 spiro atoms. The summed E-state index contributed by atoms with van der Waals surface area (Å²) in [6.07, 6.45) is 1.84. The van der Waals surface area contributed by atoms with Gasteiger partial charge in [-0.3, -0.25) is 4.79 Å². The molecule has 0 saturated heterocycles. The highest BCUT2D eigenvalue weighted by Crippen LogP contribution is 2.38. The Morgan fingerprint density at radius 3 is 2.42 bits per heavy atom. The maximum absolute atomic E-state index is 12.1. The normalized spacial score (nSPS) is 19.3. The molecule has 1 aromatic carbocycles. The lowest BCUT2D eigenvalue weighted by atomic mass is 9.95. The van der Waals surface area contributed by atoms with Gasteiger partial charge in [0.2, 0.25) is 5.91 Å². The number of carbonyl (C=O) groups excluding carboxylic acids is 1. The Kier molecular flexibility index (Phi) is 3.57. The van der Waals surface area contributed by atoms with Gasteiger partial charge < -0.3 is 16.2 Å². The maximum atomic E-state index is 12.1. The van der Waals surface area contributed by atoms with Crippen molar-refractivity contribution < 1.29 is 14.7 Å². The zero-order valence-electron chi connectivity index (χ0n) is 10.8. The number of hydrogen-bond acceptors (Lipinski definition) is 3. The fourth-order valence-electron chi connectivity index (χ4n) is 2.09. The monoisotopic (exact) mass is 262 g/mol. The van der Waals surface area contributed by atoms with Crippen molar-refractivity contribution in [1.82, 2.24) is 5.32 Å². The molecular weight excluding hydrogens is 244 g/mol. The van der Waals surface area contributed by atoms with Crippen molar-refractivity contribution in [3.8, 4) is 0 Å². The van der Waals surface area contributed by atoms with Crippen molar-refractivity contribution in [3.63, 3.8) is 0 Å². The van der Waals surface area contributed by atoms with E-state index in [0.717, 1.165) is 12.8 Å². The quantitative estimate of drug-likeness (QED) is 0.739. The van der Waals surface area contributed by atoms with Crippen LogP contribution in [0.25, 0.3) is 0 Å². The average molecular weight is 262 g/mol. The largest absolute Gasteiger partial charge is 0.479 e. The van der Waals surface area contributed by atoms with Crippen LogP contribution in [0.2, 0.25) is 0 Å². The molecule has 5 nitrogen and oxygen atoms in total. The Morgan fingerprint density at radius 2 is 1.95 bits per heavy atom. The van der Waals surface area contributed by atoms with E-state index < -0.39 is 23.5 Å². The van der Waals surface area contributed by atoms with Crippen molar-refractivity contribution in [2.45, 2.75) is 31.3 Å². The molecule has 2 unspecified atom stereocenters. The molecule has 1 amide bonds. The van der Waals surface area contributed by atoms with E-state index in [1.54, 1.807) is 37.3 Å². The van der Waals surface area contributed by atoms with E-state index in [0.29, 0.717) is 5.56 Å². The zero-order valence-corrected chi connectivity index (χ0v) is 10.8. The summed E-state index contributed by atoms with van der Waals surface area (Å²) in [5.74, 6) is -1.35. The van der Waals surface area contributed by atoms with Crippen molar-refractivity contribution in [2.24, 2.45) is 11.7 Å². The summed E-state index contributed by atoms with van der Waals surface area (Å²) in [7, 11) is 0. The first-order chi connectivity index (χ1) is 8.93. The van der Waals surface area contributed by atoms with Crippen molar-refractivity contribution in [3.05, 3.63) is 35.9 Å². The summed E-state index contributed by atoms with van der Waals surface area (Å²) >= 11 is 0. The summed E-state index contributed by atoms with van der Waals surface area (Å²) in [4.78, 5) is 23.4. The number of aliphatic carboxylic acids is 1. The molecule has 0 aromatic heterocycles. The number of rotatable bonds is 5. The number of carboxylic acids is 1. The van der Waals surface area contributed by atoms with E-state index in [-0.39, 0.29) is 5.92 Å². The predicted octanol–water partition coefficient (Wildman–Crippen LogP) is 1.06. The van der Waals surface area contributed by atoms with Crippen molar-refractivity contribution in [1.29, 1.82) is 0 Å². The lowest BCUT2D eigenvalue weighted by Crippen LogP contribution is -2.54. The Morgan fingerprint density at radius 1 is 1.37 bits per heavy atom. The van der Waals surface area contributed by atoms with Gasteiger partial charge in [-0.2, -0.15) is 0 Å². The molecular formula is C14H18N2O3. The van der Waals surface area contributed by atoms with Crippen LogP contribution in [0.15, 0.2) is 30.3 Å². The van der Waals surface area contributed by atoms with Crippen LogP contribution in [-0.4, -0.2) is 22.5 Å². The minimum absolute atomic E-state index is 0.151. The number of nitrogens with two attached hydrogens (primary N) is 1. The van der Waals surface area contributed by atoms with E-state index in [1.165, 1.54) is 0 Å². The second-order valence-electron chi connectivity index (χ2n) is 5.21. The second kappa shape index (κ2) is 5.01. The highest BCUT2D eigenvalue weighted by molar-refractivity contribution is 5.90. The number of amides is 1. The van der Waals surface area contributed by atoms with Crippen molar-refractivity contribution >= 4 is 11.9 Å². The molecule has 0 heterocycles. The topological polar surface area (TPSA) is 92.4 Å². The van der Waals surface area contributed by atoms with Gasteiger partial charge in [0.25, 0.3) is 0 Å². The molecule has 2 rings (SSSR count). The van der Waals surface area contributed by atoms with E-state index in [1.807, 2.05) is 0 Å². The second-order valence-corrected chi connectivity index (χ2v) is 5.21. The standard InChI is InChI=1S/C14H18N2O3/c1-14(15,10-7-8-10)13(19)16-11(12(17)18)9-5-3-2-4-6-9/h2-6,10-11H,7-8,15H2,1H3,(H,16,19)(H,17,18). The minimum Gasteiger partial charge on any atom is -0.479 e. The first kappa shape index (κ1) is 13.5. The van der Waals surface area contributed by atoms with Gasteiger partial charge in [-0.1, -0.05) is 30.3 Å². The van der Waals surface area contributed by atoms with Crippen LogP contribution >= 0.6 is 0 Å². The van der Waals surface area contributed by atoms with Crippen molar-refractivity contribution in [2.75, 3.05) is 0 Å². The molecule has 1 aromatic rings. The van der Waals surface area contributed by atoms with Crippen LogP contribution in [0.1, 0.15) is 31.4 Å². The maximum Gasteiger partial charge on any atom is 0.330 e. The van der Waals surface area contributed by atoms with Crippen LogP contribution in [-0.2, 0) is 9.59 Å². The molecule has 19 heavy (non-hydrogen) atoms. The van der Waals surface area contributed by atoms with Gasteiger partial charge in [0.1, 0.15) is 0 Å². The molecule has 1 aliphatic rings. The molecule has 0 radical (unpaired) electrons. The smallest absolute Gasteiger partial charge is 0.330 e. The van der Waals surface area contributed by atoms with Gasteiger partial charge in [0.05, 0.1) is 5.54 Å². The molecule has 1 aliphatic carbocycles. The number of nitrogens with one attached hydrogen (secondary N) is 1. The zero-order chi connectivity index (χ0) is 14.0. The van der Waals surface area contributed by atoms with Gasteiger partial charge in [-0.05, 0) is 31.2 Å². The predicted molar refractivity (Wildman–Crippen MR) is 70.3 cm³/mol. The van der Waals surface area contributed by atoms with E-state index in [2.05, 4.69) is 5.32 Å².